The fraction of sp³-hybridized carbons (Fsp3) is 0.531. The van der Waals surface area contributed by atoms with Crippen molar-refractivity contribution in [3.8, 4) is 5.75 Å². The van der Waals surface area contributed by atoms with Crippen molar-refractivity contribution in [2.24, 2.45) is 0 Å². The number of aryl methyl sites for hydroxylation is 1. The van der Waals surface area contributed by atoms with Gasteiger partial charge in [0.05, 0.1) is 23.9 Å². The van der Waals surface area contributed by atoms with Crippen molar-refractivity contribution >= 4 is 46.6 Å². The third-order valence-corrected chi connectivity index (χ3v) is 8.08. The van der Waals surface area contributed by atoms with Gasteiger partial charge in [-0.2, -0.15) is 0 Å². The molecule has 2 fully saturated rings. The number of amides is 5. The molecule has 5 amide bonds. The van der Waals surface area contributed by atoms with E-state index in [2.05, 4.69) is 15.6 Å². The molecule has 15 nitrogen and oxygen atoms in total. The van der Waals surface area contributed by atoms with Gasteiger partial charge < -0.3 is 39.9 Å². The Labute approximate surface area is 276 Å². The Bertz CT molecular complexity index is 1560. The molecule has 3 heterocycles. The minimum Gasteiger partial charge on any atom is -0.483 e. The van der Waals surface area contributed by atoms with Gasteiger partial charge in [0.15, 0.2) is 6.61 Å². The summed E-state index contributed by atoms with van der Waals surface area (Å²) in [6.07, 6.45) is 0.611. The minimum absolute atomic E-state index is 0.0387. The van der Waals surface area contributed by atoms with E-state index in [1.165, 1.54) is 26.8 Å². The summed E-state index contributed by atoms with van der Waals surface area (Å²) in [4.78, 5) is 84.8. The zero-order chi connectivity index (χ0) is 35.0. The van der Waals surface area contributed by atoms with Crippen molar-refractivity contribution in [1.29, 1.82) is 0 Å². The molecule has 16 heteroatoms. The number of nitrogens with zero attached hydrogens (tertiary/aromatic N) is 4. The highest BCUT2D eigenvalue weighted by atomic mass is 19.1. The molecule has 4 rings (SSSR count). The van der Waals surface area contributed by atoms with E-state index < -0.39 is 60.7 Å². The van der Waals surface area contributed by atoms with Gasteiger partial charge in [0, 0.05) is 45.3 Å². The van der Waals surface area contributed by atoms with Crippen LogP contribution in [0.3, 0.4) is 0 Å². The first kappa shape index (κ1) is 35.8. The predicted octanol–water partition coefficient (Wildman–Crippen LogP) is 1.45. The quantitative estimate of drug-likeness (QED) is 0.298. The number of carboxylic acid groups (broad SMARTS) is 1. The van der Waals surface area contributed by atoms with Gasteiger partial charge in [0.2, 0.25) is 11.8 Å². The summed E-state index contributed by atoms with van der Waals surface area (Å²) >= 11 is 0. The van der Waals surface area contributed by atoms with Crippen LogP contribution in [0.2, 0.25) is 0 Å². The molecule has 1 aromatic carbocycles. The fourth-order valence-corrected chi connectivity index (χ4v) is 5.72. The van der Waals surface area contributed by atoms with E-state index in [1.54, 1.807) is 13.8 Å². The number of hydrogen-bond donors (Lipinski definition) is 3. The van der Waals surface area contributed by atoms with Crippen LogP contribution in [0.15, 0.2) is 18.2 Å². The number of aromatic nitrogens is 1. The lowest BCUT2D eigenvalue weighted by molar-refractivity contribution is -0.143. The first-order valence-corrected chi connectivity index (χ1v) is 16.0. The molecule has 2 aliphatic rings. The summed E-state index contributed by atoms with van der Waals surface area (Å²) in [5.74, 6) is -4.56. The van der Waals surface area contributed by atoms with Gasteiger partial charge >= 0.3 is 12.1 Å². The molecule has 0 bridgehead atoms. The molecular formula is C32H41FN6O9. The van der Waals surface area contributed by atoms with E-state index in [0.29, 0.717) is 31.5 Å². The highest BCUT2D eigenvalue weighted by Crippen LogP contribution is 2.30. The average molecular weight is 673 g/mol. The highest BCUT2D eigenvalue weighted by Gasteiger charge is 2.35. The molecule has 0 saturated carbocycles. The number of benzene rings is 1. The van der Waals surface area contributed by atoms with E-state index >= 15 is 4.39 Å². The van der Waals surface area contributed by atoms with E-state index in [4.69, 9.17) is 9.47 Å². The smallest absolute Gasteiger partial charge is 0.409 e. The molecule has 0 aliphatic carbocycles. The number of halogens is 1. The summed E-state index contributed by atoms with van der Waals surface area (Å²) < 4.78 is 26.0. The van der Waals surface area contributed by atoms with Crippen molar-refractivity contribution in [3.05, 3.63) is 35.3 Å². The first-order valence-electron chi connectivity index (χ1n) is 16.0. The van der Waals surface area contributed by atoms with E-state index in [9.17, 15) is 33.9 Å². The van der Waals surface area contributed by atoms with Gasteiger partial charge in [0.1, 0.15) is 29.3 Å². The summed E-state index contributed by atoms with van der Waals surface area (Å²) in [5, 5.41) is 14.7. The Kier molecular flexibility index (Phi) is 12.1. The molecule has 2 atom stereocenters. The topological polar surface area (TPSA) is 188 Å². The number of carbonyl (C=O) groups excluding carboxylic acids is 5. The van der Waals surface area contributed by atoms with Gasteiger partial charge in [-0.15, -0.1) is 0 Å². The number of carbonyl (C=O) groups is 6. The number of nitrogens with one attached hydrogen (secondary N) is 2. The van der Waals surface area contributed by atoms with Gasteiger partial charge in [-0.05, 0) is 50.8 Å². The van der Waals surface area contributed by atoms with Crippen LogP contribution in [-0.2, 0) is 23.9 Å². The van der Waals surface area contributed by atoms with Crippen molar-refractivity contribution < 1.29 is 47.7 Å². The molecule has 2 unspecified atom stereocenters. The molecular weight excluding hydrogens is 631 g/mol. The van der Waals surface area contributed by atoms with Crippen LogP contribution in [0.5, 0.6) is 5.75 Å². The zero-order valence-electron chi connectivity index (χ0n) is 27.3. The lowest BCUT2D eigenvalue weighted by Gasteiger charge is -2.35. The number of ether oxygens (including phenoxy) is 2. The molecule has 260 valence electrons. The van der Waals surface area contributed by atoms with Crippen LogP contribution in [-0.4, -0.2) is 125 Å². The number of fused-ring (bicyclic) bond motifs is 1. The molecule has 0 spiro atoms. The van der Waals surface area contributed by atoms with Crippen LogP contribution >= 0.6 is 0 Å². The predicted molar refractivity (Wildman–Crippen MR) is 169 cm³/mol. The van der Waals surface area contributed by atoms with Gasteiger partial charge in [-0.3, -0.25) is 24.0 Å². The molecule has 1 aromatic heterocycles. The number of pyridine rings is 1. The normalized spacial score (nSPS) is 16.8. The second-order valence-electron chi connectivity index (χ2n) is 11.6. The minimum atomic E-state index is -1.48. The zero-order valence-corrected chi connectivity index (χ0v) is 27.3. The maximum Gasteiger partial charge on any atom is 0.409 e. The van der Waals surface area contributed by atoms with E-state index in [0.717, 1.165) is 12.5 Å². The number of hydrogen-bond acceptors (Lipinski definition) is 9. The van der Waals surface area contributed by atoms with Crippen LogP contribution in [0, 0.1) is 12.7 Å². The van der Waals surface area contributed by atoms with Crippen LogP contribution < -0.4 is 15.4 Å². The Morgan fingerprint density at radius 3 is 2.42 bits per heavy atom. The number of aliphatic carboxylic acids is 1. The molecule has 48 heavy (non-hydrogen) atoms. The third-order valence-electron chi connectivity index (χ3n) is 8.08. The number of likely N-dealkylation sites (tertiary alicyclic amines) is 1. The molecule has 2 aromatic rings. The average Bonchev–Trinajstić information content (AvgIpc) is 3.55. The maximum absolute atomic E-state index is 15.2. The van der Waals surface area contributed by atoms with Crippen molar-refractivity contribution in [3.63, 3.8) is 0 Å². The monoisotopic (exact) mass is 672 g/mol. The second kappa shape index (κ2) is 16.2. The maximum atomic E-state index is 15.2. The van der Waals surface area contributed by atoms with Crippen molar-refractivity contribution in [2.45, 2.75) is 58.5 Å². The van der Waals surface area contributed by atoms with Crippen molar-refractivity contribution in [2.75, 3.05) is 52.5 Å². The molecule has 3 N–H and O–H groups in total. The van der Waals surface area contributed by atoms with Gasteiger partial charge in [-0.25, -0.2) is 14.2 Å². The van der Waals surface area contributed by atoms with Gasteiger partial charge in [-0.1, -0.05) is 6.92 Å². The SMILES string of the molecule is CCCNC(=O)C1CCCN1C(=O)COc1cc(C(=O)NC(CC(=O)O)C(=O)N2CCN(C(=O)OCC)CC2)nc2cc(C)cc(F)c12. The van der Waals surface area contributed by atoms with E-state index in [-0.39, 0.29) is 61.0 Å². The van der Waals surface area contributed by atoms with Crippen molar-refractivity contribution in [1.82, 2.24) is 30.3 Å². The molecule has 0 radical (unpaired) electrons. The standard InChI is InChI=1S/C32H41FN6O9/c1-4-8-34-30(44)24-7-6-9-39(24)26(40)18-48-25-16-22(35-21-15-19(3)14-20(33)28(21)25)29(43)36-23(17-27(41)42)31(45)37-10-12-38(13-11-37)32(46)47-5-2/h14-16,23-24H,4-13,17-18H2,1-3H3,(H,34,44)(H,36,43)(H,41,42). The Balaban J connectivity index is 1.53. The summed E-state index contributed by atoms with van der Waals surface area (Å²) in [6, 6.07) is 1.75. The third kappa shape index (κ3) is 8.66. The first-order chi connectivity index (χ1) is 22.9. The fourth-order valence-electron chi connectivity index (χ4n) is 5.72. The lowest BCUT2D eigenvalue weighted by atomic mass is 10.1. The molecule has 2 saturated heterocycles. The van der Waals surface area contributed by atoms with E-state index in [1.807, 2.05) is 6.92 Å². The van der Waals surface area contributed by atoms with Crippen LogP contribution in [0.25, 0.3) is 10.9 Å². The van der Waals surface area contributed by atoms with Gasteiger partial charge in [0.25, 0.3) is 11.8 Å². The summed E-state index contributed by atoms with van der Waals surface area (Å²) in [5.41, 5.74) is 0.228. The highest BCUT2D eigenvalue weighted by molar-refractivity contribution is 6.00. The largest absolute Gasteiger partial charge is 0.483 e. The number of carboxylic acids is 1. The Hall–Kier alpha value is -5.02. The number of piperazine rings is 1. The van der Waals surface area contributed by atoms with Crippen LogP contribution in [0.4, 0.5) is 9.18 Å². The Morgan fingerprint density at radius 1 is 1.04 bits per heavy atom. The Morgan fingerprint density at radius 2 is 1.75 bits per heavy atom. The van der Waals surface area contributed by atoms with Crippen LogP contribution in [0.1, 0.15) is 55.6 Å². The summed E-state index contributed by atoms with van der Waals surface area (Å²) in [7, 11) is 0. The molecule has 2 aliphatic heterocycles. The number of rotatable bonds is 12. The lowest BCUT2D eigenvalue weighted by Crippen LogP contribution is -2.56. The second-order valence-corrected chi connectivity index (χ2v) is 11.6. The summed E-state index contributed by atoms with van der Waals surface area (Å²) in [6.45, 7) is 6.21.